The molecule has 0 saturated heterocycles. The second kappa shape index (κ2) is 5.93. The zero-order valence-electron chi connectivity index (χ0n) is 12.5. The van der Waals surface area contributed by atoms with Gasteiger partial charge in [-0.25, -0.2) is 4.99 Å². The van der Waals surface area contributed by atoms with Crippen molar-refractivity contribution in [1.82, 2.24) is 9.97 Å². The monoisotopic (exact) mass is 300 g/mol. The first-order valence-electron chi connectivity index (χ1n) is 7.56. The molecule has 0 aromatic carbocycles. The minimum absolute atomic E-state index is 0.872. The maximum Gasteiger partial charge on any atom is 0.0659 e. The van der Waals surface area contributed by atoms with E-state index in [1.54, 1.807) is 6.21 Å². The first-order chi connectivity index (χ1) is 11.3. The van der Waals surface area contributed by atoms with Crippen LogP contribution in [0.5, 0.6) is 0 Å². The lowest BCUT2D eigenvalue weighted by atomic mass is 10.2. The van der Waals surface area contributed by atoms with Crippen LogP contribution in [0, 0.1) is 0 Å². The molecule has 4 rings (SSSR count). The molecule has 0 spiro atoms. The van der Waals surface area contributed by atoms with Crippen LogP contribution in [0.3, 0.4) is 0 Å². The van der Waals surface area contributed by atoms with E-state index in [4.69, 9.17) is 0 Å². The lowest BCUT2D eigenvalue weighted by Gasteiger charge is -1.95. The van der Waals surface area contributed by atoms with Crippen molar-refractivity contribution in [1.29, 1.82) is 0 Å². The summed E-state index contributed by atoms with van der Waals surface area (Å²) in [6, 6.07) is 8.28. The van der Waals surface area contributed by atoms with Crippen LogP contribution in [0.25, 0.3) is 6.08 Å². The summed E-state index contributed by atoms with van der Waals surface area (Å²) in [5.74, 6) is 0. The Balaban J connectivity index is 1.48. The maximum absolute atomic E-state index is 4.59. The Hall–Kier alpha value is -3.14. The number of hydrogen-bond donors (Lipinski definition) is 2. The van der Waals surface area contributed by atoms with Crippen LogP contribution in [-0.2, 0) is 6.42 Å². The molecule has 2 aromatic heterocycles. The molecule has 0 bridgehead atoms. The molecule has 2 aromatic rings. The van der Waals surface area contributed by atoms with E-state index in [-0.39, 0.29) is 0 Å². The Morgan fingerprint density at radius 2 is 1.96 bits per heavy atom. The number of allylic oxidation sites excluding steroid dienone is 5. The summed E-state index contributed by atoms with van der Waals surface area (Å²) in [6.07, 6.45) is 16.5. The van der Waals surface area contributed by atoms with Gasteiger partial charge in [-0.05, 0) is 60.7 Å². The van der Waals surface area contributed by atoms with Crippen molar-refractivity contribution in [2.75, 3.05) is 0 Å². The minimum atomic E-state index is 0.872. The Morgan fingerprint density at radius 3 is 2.78 bits per heavy atom. The second-order valence-electron chi connectivity index (χ2n) is 5.46. The highest BCUT2D eigenvalue weighted by Crippen LogP contribution is 2.17. The summed E-state index contributed by atoms with van der Waals surface area (Å²) in [5, 5.41) is 0. The van der Waals surface area contributed by atoms with E-state index in [0.29, 0.717) is 0 Å². The Labute approximate surface area is 134 Å². The highest BCUT2D eigenvalue weighted by atomic mass is 14.8. The zero-order chi connectivity index (χ0) is 15.5. The number of aromatic nitrogens is 2. The minimum Gasteiger partial charge on any atom is -0.365 e. The fourth-order valence-corrected chi connectivity index (χ4v) is 2.59. The van der Waals surface area contributed by atoms with Crippen LogP contribution in [0.4, 0.5) is 0 Å². The molecule has 112 valence electrons. The molecule has 0 saturated carbocycles. The van der Waals surface area contributed by atoms with Crippen molar-refractivity contribution in [2.24, 2.45) is 9.98 Å². The van der Waals surface area contributed by atoms with Gasteiger partial charge in [-0.2, -0.15) is 0 Å². The molecule has 2 aliphatic heterocycles. The van der Waals surface area contributed by atoms with Gasteiger partial charge in [0, 0.05) is 35.9 Å². The van der Waals surface area contributed by atoms with E-state index >= 15 is 0 Å². The molecule has 23 heavy (non-hydrogen) atoms. The average molecular weight is 300 g/mol. The lowest BCUT2D eigenvalue weighted by molar-refractivity contribution is 1.05. The van der Waals surface area contributed by atoms with Gasteiger partial charge in [0.15, 0.2) is 0 Å². The summed E-state index contributed by atoms with van der Waals surface area (Å²) in [7, 11) is 0. The first-order valence-corrected chi connectivity index (χ1v) is 7.56. The molecule has 4 heteroatoms. The van der Waals surface area contributed by atoms with Gasteiger partial charge in [0.25, 0.3) is 0 Å². The van der Waals surface area contributed by atoms with Crippen molar-refractivity contribution in [3.8, 4) is 0 Å². The van der Waals surface area contributed by atoms with Gasteiger partial charge < -0.3 is 9.97 Å². The lowest BCUT2D eigenvalue weighted by Crippen LogP contribution is -1.88. The third kappa shape index (κ3) is 3.21. The van der Waals surface area contributed by atoms with Crippen molar-refractivity contribution in [3.05, 3.63) is 89.3 Å². The third-order valence-corrected chi connectivity index (χ3v) is 3.67. The largest absolute Gasteiger partial charge is 0.365 e. The maximum atomic E-state index is 4.59. The molecule has 0 aliphatic carbocycles. The topological polar surface area (TPSA) is 56.3 Å². The van der Waals surface area contributed by atoms with E-state index in [2.05, 4.69) is 38.2 Å². The number of nitrogens with one attached hydrogen (secondary N) is 2. The summed E-state index contributed by atoms with van der Waals surface area (Å²) in [5.41, 5.74) is 6.23. The first kappa shape index (κ1) is 13.5. The molecular weight excluding hydrogens is 284 g/mol. The van der Waals surface area contributed by atoms with Gasteiger partial charge >= 0.3 is 0 Å². The van der Waals surface area contributed by atoms with Crippen molar-refractivity contribution >= 4 is 18.0 Å². The fourth-order valence-electron chi connectivity index (χ4n) is 2.59. The smallest absolute Gasteiger partial charge is 0.0659 e. The summed E-state index contributed by atoms with van der Waals surface area (Å²) in [6.45, 7) is 0. The Morgan fingerprint density at radius 1 is 0.957 bits per heavy atom. The quantitative estimate of drug-likeness (QED) is 0.863. The van der Waals surface area contributed by atoms with Crippen molar-refractivity contribution in [2.45, 2.75) is 6.42 Å². The van der Waals surface area contributed by atoms with E-state index in [9.17, 15) is 0 Å². The van der Waals surface area contributed by atoms with Gasteiger partial charge in [0.1, 0.15) is 0 Å². The van der Waals surface area contributed by atoms with Gasteiger partial charge in [0.05, 0.1) is 17.1 Å². The molecule has 0 unspecified atom stereocenters. The summed E-state index contributed by atoms with van der Waals surface area (Å²) >= 11 is 0. The van der Waals surface area contributed by atoms with Crippen LogP contribution in [0.2, 0.25) is 0 Å². The van der Waals surface area contributed by atoms with Crippen LogP contribution < -0.4 is 0 Å². The number of aliphatic imine (C=N–C) groups is 2. The highest BCUT2D eigenvalue weighted by Gasteiger charge is 2.05. The third-order valence-electron chi connectivity index (χ3n) is 3.67. The number of nitrogens with zero attached hydrogens (tertiary/aromatic N) is 2. The highest BCUT2D eigenvalue weighted by molar-refractivity contribution is 6.08. The Kier molecular flexibility index (Phi) is 3.48. The molecule has 4 heterocycles. The molecule has 2 aliphatic rings. The summed E-state index contributed by atoms with van der Waals surface area (Å²) in [4.78, 5) is 15.4. The zero-order valence-corrected chi connectivity index (χ0v) is 12.5. The van der Waals surface area contributed by atoms with Crippen molar-refractivity contribution in [3.63, 3.8) is 0 Å². The van der Waals surface area contributed by atoms with Crippen LogP contribution >= 0.6 is 0 Å². The average Bonchev–Trinajstić information content (AvgIpc) is 3.31. The van der Waals surface area contributed by atoms with Gasteiger partial charge in [-0.1, -0.05) is 0 Å². The van der Waals surface area contributed by atoms with Crippen LogP contribution in [0.15, 0.2) is 82.2 Å². The van der Waals surface area contributed by atoms with Crippen LogP contribution in [0.1, 0.15) is 17.1 Å². The Bertz CT molecular complexity index is 870. The molecule has 2 N–H and O–H groups in total. The SMILES string of the molecule is C1=C/C(=C\C2=NC(=C/c3ccc(Cc4ccc[nH]4)[nH]3)/C=C2)N=C1. The molecule has 0 fully saturated rings. The summed E-state index contributed by atoms with van der Waals surface area (Å²) < 4.78 is 0. The van der Waals surface area contributed by atoms with E-state index in [0.717, 1.165) is 29.2 Å². The number of hydrogen-bond acceptors (Lipinski definition) is 2. The standard InChI is InChI=1S/C19H16N4/c1-3-14(20-9-1)11-16-5-7-18(22-16)13-19-8-6-17(23-19)12-15-4-2-10-21-15/h1-11,13,21,23H,12H2/b14-11+,18-13+. The number of rotatable bonds is 4. The molecule has 0 amide bonds. The predicted molar refractivity (Wildman–Crippen MR) is 94.7 cm³/mol. The van der Waals surface area contributed by atoms with E-state index in [1.165, 1.54) is 11.4 Å². The molecule has 0 radical (unpaired) electrons. The fraction of sp³-hybridized carbons (Fsp3) is 0.0526. The number of H-pyrrole nitrogens is 2. The van der Waals surface area contributed by atoms with Gasteiger partial charge in [-0.3, -0.25) is 4.99 Å². The molecule has 4 nitrogen and oxygen atoms in total. The van der Waals surface area contributed by atoms with Crippen LogP contribution in [-0.4, -0.2) is 21.9 Å². The second-order valence-corrected chi connectivity index (χ2v) is 5.46. The molecular formula is C19H16N4. The van der Waals surface area contributed by atoms with Crippen molar-refractivity contribution < 1.29 is 0 Å². The number of aromatic amines is 2. The normalized spacial score (nSPS) is 19.4. The van der Waals surface area contributed by atoms with E-state index in [1.807, 2.05) is 48.7 Å². The molecule has 0 atom stereocenters. The van der Waals surface area contributed by atoms with Gasteiger partial charge in [0.2, 0.25) is 0 Å². The van der Waals surface area contributed by atoms with E-state index < -0.39 is 0 Å². The predicted octanol–water partition coefficient (Wildman–Crippen LogP) is 3.81. The van der Waals surface area contributed by atoms with Gasteiger partial charge in [-0.15, -0.1) is 0 Å².